The smallest absolute Gasteiger partial charge is 0.163 e. The van der Waals surface area contributed by atoms with Crippen LogP contribution in [0, 0.1) is 0 Å². The first-order chi connectivity index (χ1) is 7.27. The van der Waals surface area contributed by atoms with Gasteiger partial charge >= 0.3 is 0 Å². The highest BCUT2D eigenvalue weighted by atomic mass is 16.5. The number of rotatable bonds is 6. The van der Waals surface area contributed by atoms with Crippen LogP contribution in [-0.2, 0) is 0 Å². The number of hydrogen-bond acceptors (Lipinski definition) is 2. The average molecular weight is 204 g/mol. The van der Waals surface area contributed by atoms with Gasteiger partial charge in [-0.05, 0) is 25.5 Å². The highest BCUT2D eigenvalue weighted by Crippen LogP contribution is 2.15. The third-order valence-electron chi connectivity index (χ3n) is 2.04. The Hall–Kier alpha value is -1.57. The van der Waals surface area contributed by atoms with Gasteiger partial charge in [-0.25, -0.2) is 0 Å². The van der Waals surface area contributed by atoms with Crippen molar-refractivity contribution in [2.45, 2.75) is 19.8 Å². The molecule has 0 aliphatic rings. The van der Waals surface area contributed by atoms with Crippen molar-refractivity contribution in [1.29, 1.82) is 0 Å². The van der Waals surface area contributed by atoms with Crippen LogP contribution in [0.15, 0.2) is 36.9 Å². The van der Waals surface area contributed by atoms with Gasteiger partial charge in [-0.3, -0.25) is 4.79 Å². The molecule has 80 valence electrons. The molecule has 0 heterocycles. The second-order valence-electron chi connectivity index (χ2n) is 3.21. The van der Waals surface area contributed by atoms with Crippen molar-refractivity contribution >= 4 is 5.78 Å². The van der Waals surface area contributed by atoms with E-state index in [1.54, 1.807) is 12.1 Å². The molecular weight excluding hydrogens is 188 g/mol. The van der Waals surface area contributed by atoms with Gasteiger partial charge in [0.25, 0.3) is 0 Å². The molecule has 0 aromatic heterocycles. The summed E-state index contributed by atoms with van der Waals surface area (Å²) in [5.41, 5.74) is 0.711. The van der Waals surface area contributed by atoms with Gasteiger partial charge in [0.2, 0.25) is 0 Å². The monoisotopic (exact) mass is 204 g/mol. The minimum absolute atomic E-state index is 0.136. The van der Waals surface area contributed by atoms with Crippen LogP contribution in [0.2, 0.25) is 0 Å². The van der Waals surface area contributed by atoms with Gasteiger partial charge in [0.05, 0.1) is 6.61 Å². The minimum atomic E-state index is 0.136. The van der Waals surface area contributed by atoms with E-state index in [1.807, 2.05) is 25.1 Å². The van der Waals surface area contributed by atoms with Crippen molar-refractivity contribution in [3.63, 3.8) is 0 Å². The predicted molar refractivity (Wildman–Crippen MR) is 61.4 cm³/mol. The van der Waals surface area contributed by atoms with Crippen LogP contribution < -0.4 is 4.74 Å². The molecule has 15 heavy (non-hydrogen) atoms. The van der Waals surface area contributed by atoms with Crippen LogP contribution >= 0.6 is 0 Å². The molecule has 1 aromatic carbocycles. The summed E-state index contributed by atoms with van der Waals surface area (Å²) < 4.78 is 5.33. The third-order valence-corrected chi connectivity index (χ3v) is 2.04. The quantitative estimate of drug-likeness (QED) is 0.525. The zero-order valence-corrected chi connectivity index (χ0v) is 9.03. The molecular formula is C13H16O2. The van der Waals surface area contributed by atoms with E-state index in [2.05, 4.69) is 6.58 Å². The molecule has 0 spiro atoms. The van der Waals surface area contributed by atoms with E-state index in [0.717, 1.165) is 12.2 Å². The van der Waals surface area contributed by atoms with Crippen molar-refractivity contribution in [3.8, 4) is 5.75 Å². The maximum atomic E-state index is 11.7. The summed E-state index contributed by atoms with van der Waals surface area (Å²) in [4.78, 5) is 11.7. The van der Waals surface area contributed by atoms with Crippen molar-refractivity contribution < 1.29 is 9.53 Å². The van der Waals surface area contributed by atoms with Gasteiger partial charge in [-0.15, -0.1) is 6.58 Å². The lowest BCUT2D eigenvalue weighted by molar-refractivity contribution is 0.0983. The van der Waals surface area contributed by atoms with Crippen LogP contribution in [0.5, 0.6) is 5.75 Å². The molecule has 0 saturated heterocycles. The number of ether oxygens (including phenoxy) is 1. The number of hydrogen-bond donors (Lipinski definition) is 0. The first kappa shape index (κ1) is 11.5. The van der Waals surface area contributed by atoms with Gasteiger partial charge in [-0.2, -0.15) is 0 Å². The van der Waals surface area contributed by atoms with Crippen molar-refractivity contribution in [2.75, 3.05) is 6.61 Å². The van der Waals surface area contributed by atoms with Gasteiger partial charge in [0.15, 0.2) is 5.78 Å². The third kappa shape index (κ3) is 3.58. The molecule has 0 atom stereocenters. The summed E-state index contributed by atoms with van der Waals surface area (Å²) >= 11 is 0. The van der Waals surface area contributed by atoms with Gasteiger partial charge < -0.3 is 4.74 Å². The van der Waals surface area contributed by atoms with Crippen molar-refractivity contribution in [3.05, 3.63) is 42.5 Å². The SMILES string of the molecule is C=CCCC(=O)c1cccc(OCC)c1. The number of carbonyl (C=O) groups is 1. The molecule has 2 nitrogen and oxygen atoms in total. The summed E-state index contributed by atoms with van der Waals surface area (Å²) in [5, 5.41) is 0. The van der Waals surface area contributed by atoms with E-state index in [1.165, 1.54) is 0 Å². The number of benzene rings is 1. The lowest BCUT2D eigenvalue weighted by atomic mass is 10.1. The van der Waals surface area contributed by atoms with Gasteiger partial charge in [0.1, 0.15) is 5.75 Å². The molecule has 0 aliphatic heterocycles. The second kappa shape index (κ2) is 6.02. The Morgan fingerprint density at radius 2 is 2.33 bits per heavy atom. The number of Topliss-reactive ketones (excluding diaryl/α,β-unsaturated/α-hetero) is 1. The minimum Gasteiger partial charge on any atom is -0.494 e. The Morgan fingerprint density at radius 3 is 3.00 bits per heavy atom. The lowest BCUT2D eigenvalue weighted by Crippen LogP contribution is -1.99. The number of carbonyl (C=O) groups excluding carboxylic acids is 1. The van der Waals surface area contributed by atoms with Crippen LogP contribution in [-0.4, -0.2) is 12.4 Å². The molecule has 0 saturated carbocycles. The van der Waals surface area contributed by atoms with E-state index in [9.17, 15) is 4.79 Å². The highest BCUT2D eigenvalue weighted by Gasteiger charge is 2.05. The maximum absolute atomic E-state index is 11.7. The molecule has 0 bridgehead atoms. The van der Waals surface area contributed by atoms with Gasteiger partial charge in [-0.1, -0.05) is 18.2 Å². The zero-order chi connectivity index (χ0) is 11.1. The fourth-order valence-electron chi connectivity index (χ4n) is 1.30. The lowest BCUT2D eigenvalue weighted by Gasteiger charge is -2.04. The Bertz CT molecular complexity index is 342. The van der Waals surface area contributed by atoms with Crippen LogP contribution in [0.3, 0.4) is 0 Å². The Kier molecular flexibility index (Phi) is 4.61. The van der Waals surface area contributed by atoms with E-state index in [4.69, 9.17) is 4.74 Å². The summed E-state index contributed by atoms with van der Waals surface area (Å²) in [6.07, 6.45) is 2.99. The molecule has 0 aliphatic carbocycles. The largest absolute Gasteiger partial charge is 0.494 e. The number of allylic oxidation sites excluding steroid dienone is 1. The van der Waals surface area contributed by atoms with Crippen LogP contribution in [0.4, 0.5) is 0 Å². The van der Waals surface area contributed by atoms with E-state index in [0.29, 0.717) is 18.6 Å². The molecule has 0 radical (unpaired) electrons. The summed E-state index contributed by atoms with van der Waals surface area (Å²) in [5.74, 6) is 0.887. The Balaban J connectivity index is 2.71. The first-order valence-corrected chi connectivity index (χ1v) is 5.15. The second-order valence-corrected chi connectivity index (χ2v) is 3.21. The molecule has 0 unspecified atom stereocenters. The van der Waals surface area contributed by atoms with Crippen molar-refractivity contribution in [1.82, 2.24) is 0 Å². The van der Waals surface area contributed by atoms with Crippen LogP contribution in [0.1, 0.15) is 30.1 Å². The zero-order valence-electron chi connectivity index (χ0n) is 9.03. The topological polar surface area (TPSA) is 26.3 Å². The van der Waals surface area contributed by atoms with Gasteiger partial charge in [0, 0.05) is 12.0 Å². The average Bonchev–Trinajstić information content (AvgIpc) is 2.27. The van der Waals surface area contributed by atoms with E-state index < -0.39 is 0 Å². The predicted octanol–water partition coefficient (Wildman–Crippen LogP) is 3.23. The summed E-state index contributed by atoms with van der Waals surface area (Å²) in [7, 11) is 0. The Labute approximate surface area is 90.6 Å². The normalized spacial score (nSPS) is 9.67. The molecule has 2 heteroatoms. The van der Waals surface area contributed by atoms with E-state index in [-0.39, 0.29) is 5.78 Å². The van der Waals surface area contributed by atoms with Crippen molar-refractivity contribution in [2.24, 2.45) is 0 Å². The molecule has 0 amide bonds. The van der Waals surface area contributed by atoms with E-state index >= 15 is 0 Å². The molecule has 1 aromatic rings. The Morgan fingerprint density at radius 1 is 1.53 bits per heavy atom. The molecule has 0 N–H and O–H groups in total. The maximum Gasteiger partial charge on any atom is 0.163 e. The first-order valence-electron chi connectivity index (χ1n) is 5.15. The highest BCUT2D eigenvalue weighted by molar-refractivity contribution is 5.96. The summed E-state index contributed by atoms with van der Waals surface area (Å²) in [6, 6.07) is 7.29. The standard InChI is InChI=1S/C13H16O2/c1-3-5-9-13(14)11-7-6-8-12(10-11)15-4-2/h3,6-8,10H,1,4-5,9H2,2H3. The molecule has 0 fully saturated rings. The van der Waals surface area contributed by atoms with Crippen LogP contribution in [0.25, 0.3) is 0 Å². The summed E-state index contributed by atoms with van der Waals surface area (Å²) in [6.45, 7) is 6.13. The fraction of sp³-hybridized carbons (Fsp3) is 0.308. The molecule has 1 rings (SSSR count). The fourth-order valence-corrected chi connectivity index (χ4v) is 1.30. The number of ketones is 1.